The minimum absolute atomic E-state index is 0.0488. The predicted octanol–water partition coefficient (Wildman–Crippen LogP) is 4.72. The van der Waals surface area contributed by atoms with E-state index in [0.29, 0.717) is 0 Å². The van der Waals surface area contributed by atoms with Gasteiger partial charge >= 0.3 is 0 Å². The number of amides is 1. The van der Waals surface area contributed by atoms with Gasteiger partial charge in [0.15, 0.2) is 0 Å². The van der Waals surface area contributed by atoms with Crippen LogP contribution in [0, 0.1) is 5.82 Å². The highest BCUT2D eigenvalue weighted by molar-refractivity contribution is 7.57. The van der Waals surface area contributed by atoms with E-state index in [1.807, 2.05) is 0 Å². The molecule has 0 radical (unpaired) electrons. The number of carbonyl (C=O) groups is 1. The van der Waals surface area contributed by atoms with E-state index in [9.17, 15) is 13.8 Å². The van der Waals surface area contributed by atoms with Crippen molar-refractivity contribution in [2.24, 2.45) is 0 Å². The topological polar surface area (TPSA) is 65.1 Å². The highest BCUT2D eigenvalue weighted by atomic mass is 31.2. The van der Waals surface area contributed by atoms with Crippen LogP contribution in [0.1, 0.15) is 71.4 Å². The summed E-state index contributed by atoms with van der Waals surface area (Å²) in [5.41, 5.74) is 0.724. The number of hydroxylamine groups is 2. The third-order valence-corrected chi connectivity index (χ3v) is 10.1. The lowest BCUT2D eigenvalue weighted by Crippen LogP contribution is -2.43. The first-order chi connectivity index (χ1) is 15.1. The van der Waals surface area contributed by atoms with Crippen molar-refractivity contribution in [1.29, 1.82) is 0 Å². The largest absolute Gasteiger partial charge is 0.285 e. The van der Waals surface area contributed by atoms with Gasteiger partial charge in [0, 0.05) is 43.7 Å². The minimum atomic E-state index is -3.22. The summed E-state index contributed by atoms with van der Waals surface area (Å²) in [6.45, 7) is 8.34. The molecule has 32 heavy (non-hydrogen) atoms. The molecule has 0 unspecified atom stereocenters. The molecule has 1 aromatic rings. The molecule has 2 fully saturated rings. The lowest BCUT2D eigenvalue weighted by molar-refractivity contribution is -0.169. The first-order valence-corrected chi connectivity index (χ1v) is 13.2. The number of halogens is 1. The molecule has 0 spiro atoms. The second-order valence-corrected chi connectivity index (χ2v) is 11.7. The van der Waals surface area contributed by atoms with Gasteiger partial charge in [0.2, 0.25) is 5.91 Å². The molecule has 180 valence electrons. The lowest BCUT2D eigenvalue weighted by Gasteiger charge is -2.38. The number of benzene rings is 1. The maximum atomic E-state index is 14.9. The Balaban J connectivity index is 2.03. The second-order valence-electron chi connectivity index (χ2n) is 9.42. The molecule has 3 rings (SSSR count). The van der Waals surface area contributed by atoms with Crippen LogP contribution >= 0.6 is 7.59 Å². The molecule has 2 aliphatic rings. The van der Waals surface area contributed by atoms with Gasteiger partial charge in [0.25, 0.3) is 7.59 Å². The number of nitrogens with zero attached hydrogens (tertiary/aromatic N) is 3. The lowest BCUT2D eigenvalue weighted by atomic mass is 9.89. The Morgan fingerprint density at radius 3 is 2.06 bits per heavy atom. The van der Waals surface area contributed by atoms with E-state index in [1.165, 1.54) is 24.3 Å². The van der Waals surface area contributed by atoms with Crippen LogP contribution in [-0.4, -0.2) is 58.6 Å². The molecule has 1 aliphatic heterocycles. The fraction of sp³-hybridized carbons (Fsp3) is 0.696. The minimum Gasteiger partial charge on any atom is -0.275 e. The van der Waals surface area contributed by atoms with Gasteiger partial charge in [0.05, 0.1) is 7.11 Å². The van der Waals surface area contributed by atoms with Crippen molar-refractivity contribution in [1.82, 2.24) is 19.5 Å². The average Bonchev–Trinajstić information content (AvgIpc) is 3.01. The summed E-state index contributed by atoms with van der Waals surface area (Å²) in [6, 6.07) is 6.10. The summed E-state index contributed by atoms with van der Waals surface area (Å²) in [6.07, 6.45) is 4.35. The normalized spacial score (nSPS) is 24.7. The van der Waals surface area contributed by atoms with Gasteiger partial charge < -0.3 is 0 Å². The molecular formula is C23H38FN4O3P. The van der Waals surface area contributed by atoms with E-state index in [0.717, 1.165) is 31.2 Å². The van der Waals surface area contributed by atoms with Crippen LogP contribution in [-0.2, 0) is 14.2 Å². The summed E-state index contributed by atoms with van der Waals surface area (Å²) in [5, 5.41) is 4.61. The number of rotatable bonds is 8. The van der Waals surface area contributed by atoms with Crippen LogP contribution < -0.4 is 5.09 Å². The van der Waals surface area contributed by atoms with Crippen molar-refractivity contribution < 1.29 is 18.6 Å². The molecule has 3 atom stereocenters. The zero-order valence-electron chi connectivity index (χ0n) is 20.1. The Labute approximate surface area is 191 Å². The first kappa shape index (κ1) is 25.3. The predicted molar refractivity (Wildman–Crippen MR) is 124 cm³/mol. The van der Waals surface area contributed by atoms with Crippen LogP contribution in [0.4, 0.5) is 4.39 Å². The Hall–Kier alpha value is -1.31. The Morgan fingerprint density at radius 1 is 1.12 bits per heavy atom. The van der Waals surface area contributed by atoms with Crippen molar-refractivity contribution in [3.63, 3.8) is 0 Å². The molecule has 0 bridgehead atoms. The summed E-state index contributed by atoms with van der Waals surface area (Å²) < 4.78 is 32.9. The molecule has 0 aromatic heterocycles. The molecule has 1 aromatic carbocycles. The van der Waals surface area contributed by atoms with Gasteiger partial charge in [-0.3, -0.25) is 14.2 Å². The molecule has 1 amide bonds. The summed E-state index contributed by atoms with van der Waals surface area (Å²) in [4.78, 5) is 17.8. The number of fused-ring (bicyclic) bond motifs is 1. The third kappa shape index (κ3) is 4.95. The summed E-state index contributed by atoms with van der Waals surface area (Å²) >= 11 is 0. The SMILES string of the molecule is CON(C)C(=O)C[C@@H](NP1(=O)N(C(C)C)[C@H]2CCCC[C@@H]2N1C(C)C)c1ccc(F)cc1. The van der Waals surface area contributed by atoms with E-state index in [4.69, 9.17) is 4.84 Å². The molecular weight excluding hydrogens is 430 g/mol. The van der Waals surface area contributed by atoms with E-state index in [1.54, 1.807) is 19.2 Å². The molecule has 1 saturated carbocycles. The molecule has 7 nitrogen and oxygen atoms in total. The molecule has 1 N–H and O–H groups in total. The van der Waals surface area contributed by atoms with Crippen molar-refractivity contribution in [2.45, 2.75) is 90.0 Å². The number of carbonyl (C=O) groups excluding carboxylic acids is 1. The van der Waals surface area contributed by atoms with E-state index < -0.39 is 13.6 Å². The van der Waals surface area contributed by atoms with Crippen LogP contribution in [0.3, 0.4) is 0 Å². The summed E-state index contributed by atoms with van der Waals surface area (Å²) in [7, 11) is -0.239. The van der Waals surface area contributed by atoms with Gasteiger partial charge in [-0.15, -0.1) is 0 Å². The Kier molecular flexibility index (Phi) is 8.16. The monoisotopic (exact) mass is 468 g/mol. The maximum Gasteiger partial charge on any atom is 0.285 e. The molecule has 1 heterocycles. The van der Waals surface area contributed by atoms with Crippen molar-refractivity contribution in [3.05, 3.63) is 35.6 Å². The zero-order chi connectivity index (χ0) is 23.6. The third-order valence-electron chi connectivity index (χ3n) is 6.66. The molecule has 1 saturated heterocycles. The molecule has 9 heteroatoms. The number of nitrogens with one attached hydrogen (secondary N) is 1. The smallest absolute Gasteiger partial charge is 0.275 e. The molecule has 1 aliphatic carbocycles. The van der Waals surface area contributed by atoms with Crippen molar-refractivity contribution >= 4 is 13.5 Å². The zero-order valence-corrected chi connectivity index (χ0v) is 21.0. The quantitative estimate of drug-likeness (QED) is 0.440. The van der Waals surface area contributed by atoms with Gasteiger partial charge in [-0.25, -0.2) is 23.9 Å². The van der Waals surface area contributed by atoms with Crippen LogP contribution in [0.2, 0.25) is 0 Å². The number of hydrogen-bond acceptors (Lipinski definition) is 3. The van der Waals surface area contributed by atoms with E-state index in [2.05, 4.69) is 42.1 Å². The standard InChI is InChI=1S/C23H38FN4O3P/c1-16(2)27-21-9-7-8-10-22(21)28(17(3)4)32(27,30)25-20(15-23(29)26(5)31-6)18-11-13-19(24)14-12-18/h11-14,16-17,20-22H,7-10,15H2,1-6H3,(H,25,30)/t20-,21+,22+/m1/s1. The van der Waals surface area contributed by atoms with Crippen LogP contribution in [0.5, 0.6) is 0 Å². The van der Waals surface area contributed by atoms with Crippen molar-refractivity contribution in [2.75, 3.05) is 14.2 Å². The average molecular weight is 469 g/mol. The maximum absolute atomic E-state index is 14.9. The summed E-state index contributed by atoms with van der Waals surface area (Å²) in [5.74, 6) is -0.594. The van der Waals surface area contributed by atoms with Crippen LogP contribution in [0.25, 0.3) is 0 Å². The Morgan fingerprint density at radius 2 is 1.62 bits per heavy atom. The fourth-order valence-corrected chi connectivity index (χ4v) is 9.04. The first-order valence-electron chi connectivity index (χ1n) is 11.6. The second kappa shape index (κ2) is 10.3. The van der Waals surface area contributed by atoms with Gasteiger partial charge in [-0.05, 0) is 58.2 Å². The van der Waals surface area contributed by atoms with E-state index >= 15 is 0 Å². The van der Waals surface area contributed by atoms with Crippen molar-refractivity contribution in [3.8, 4) is 0 Å². The fourth-order valence-electron chi connectivity index (χ4n) is 5.30. The number of hydrogen-bond donors (Lipinski definition) is 1. The Bertz CT molecular complexity index is 807. The van der Waals surface area contributed by atoms with Gasteiger partial charge in [0.1, 0.15) is 5.82 Å². The van der Waals surface area contributed by atoms with Gasteiger partial charge in [-0.1, -0.05) is 25.0 Å². The van der Waals surface area contributed by atoms with Gasteiger partial charge in [-0.2, -0.15) is 0 Å². The van der Waals surface area contributed by atoms with E-state index in [-0.39, 0.29) is 42.3 Å². The van der Waals surface area contributed by atoms with Crippen LogP contribution in [0.15, 0.2) is 24.3 Å². The highest BCUT2D eigenvalue weighted by Crippen LogP contribution is 2.63. The highest BCUT2D eigenvalue weighted by Gasteiger charge is 2.57.